The molecule has 0 aliphatic heterocycles. The van der Waals surface area contributed by atoms with Crippen LogP contribution in [-0.4, -0.2) is 30.1 Å². The Labute approximate surface area is 146 Å². The Hall–Kier alpha value is -3.63. The summed E-state index contributed by atoms with van der Waals surface area (Å²) in [4.78, 5) is 22.9. The summed E-state index contributed by atoms with van der Waals surface area (Å²) in [5.41, 5.74) is 6.57. The Morgan fingerprint density at radius 2 is 2.04 bits per heavy atom. The first-order chi connectivity index (χ1) is 12.3. The molecule has 0 radical (unpaired) electrons. The third-order valence-electron chi connectivity index (χ3n) is 3.67. The molecule has 0 spiro atoms. The molecular formula is C15H15FN8O2. The zero-order valence-corrected chi connectivity index (χ0v) is 13.9. The summed E-state index contributed by atoms with van der Waals surface area (Å²) in [6.07, 6.45) is 2.00. The monoisotopic (exact) mass is 358 g/mol. The van der Waals surface area contributed by atoms with Gasteiger partial charge in [0.2, 0.25) is 5.82 Å². The van der Waals surface area contributed by atoms with E-state index in [1.807, 2.05) is 0 Å². The first-order valence-corrected chi connectivity index (χ1v) is 7.56. The van der Waals surface area contributed by atoms with Crippen molar-refractivity contribution in [3.8, 4) is 0 Å². The van der Waals surface area contributed by atoms with Crippen molar-refractivity contribution in [2.24, 2.45) is 0 Å². The average molecular weight is 358 g/mol. The molecule has 1 atom stereocenters. The predicted molar refractivity (Wildman–Crippen MR) is 91.4 cm³/mol. The number of hydrogen-bond acceptors (Lipinski definition) is 8. The fraction of sp³-hybridized carbons (Fsp3) is 0.200. The SMILES string of the molecule is Cc1cc(Nc2nc(N)cc([C@H](C)c3ncc(F)cn3)c2[N+](=O)[O-])n[nH]1. The summed E-state index contributed by atoms with van der Waals surface area (Å²) in [7, 11) is 0. The van der Waals surface area contributed by atoms with Crippen molar-refractivity contribution < 1.29 is 9.31 Å². The number of hydrogen-bond donors (Lipinski definition) is 3. The number of halogens is 1. The van der Waals surface area contributed by atoms with Gasteiger partial charge in [-0.15, -0.1) is 0 Å². The predicted octanol–water partition coefficient (Wildman–Crippen LogP) is 2.43. The molecule has 26 heavy (non-hydrogen) atoms. The Morgan fingerprint density at radius 1 is 1.35 bits per heavy atom. The van der Waals surface area contributed by atoms with E-state index >= 15 is 0 Å². The lowest BCUT2D eigenvalue weighted by molar-refractivity contribution is -0.384. The quantitative estimate of drug-likeness (QED) is 0.465. The maximum absolute atomic E-state index is 13.0. The summed E-state index contributed by atoms with van der Waals surface area (Å²) in [6, 6.07) is 3.05. The number of nitrogens with two attached hydrogens (primary N) is 1. The normalized spacial score (nSPS) is 12.0. The number of nitrogen functional groups attached to an aromatic ring is 1. The van der Waals surface area contributed by atoms with Gasteiger partial charge in [0.15, 0.2) is 11.6 Å². The van der Waals surface area contributed by atoms with Crippen molar-refractivity contribution >= 4 is 23.1 Å². The smallest absolute Gasteiger partial charge is 0.315 e. The summed E-state index contributed by atoms with van der Waals surface area (Å²) >= 11 is 0. The minimum Gasteiger partial charge on any atom is -0.384 e. The van der Waals surface area contributed by atoms with Gasteiger partial charge < -0.3 is 11.1 Å². The third kappa shape index (κ3) is 3.41. The van der Waals surface area contributed by atoms with Gasteiger partial charge in [-0.25, -0.2) is 19.3 Å². The third-order valence-corrected chi connectivity index (χ3v) is 3.67. The molecule has 0 unspecified atom stereocenters. The number of rotatable bonds is 5. The molecule has 11 heteroatoms. The fourth-order valence-electron chi connectivity index (χ4n) is 2.48. The zero-order valence-electron chi connectivity index (χ0n) is 13.9. The van der Waals surface area contributed by atoms with E-state index < -0.39 is 16.7 Å². The molecule has 0 saturated carbocycles. The molecule has 0 saturated heterocycles. The van der Waals surface area contributed by atoms with Gasteiger partial charge in [0, 0.05) is 23.2 Å². The molecule has 134 valence electrons. The number of nitro groups is 1. The lowest BCUT2D eigenvalue weighted by Crippen LogP contribution is -2.10. The van der Waals surface area contributed by atoms with Gasteiger partial charge in [-0.3, -0.25) is 15.2 Å². The van der Waals surface area contributed by atoms with Gasteiger partial charge in [-0.2, -0.15) is 5.10 Å². The van der Waals surface area contributed by atoms with Crippen LogP contribution in [-0.2, 0) is 0 Å². The molecule has 0 aliphatic rings. The van der Waals surface area contributed by atoms with Crippen molar-refractivity contribution in [2.75, 3.05) is 11.1 Å². The highest BCUT2D eigenvalue weighted by atomic mass is 19.1. The zero-order chi connectivity index (χ0) is 18.8. The first kappa shape index (κ1) is 17.2. The largest absolute Gasteiger partial charge is 0.384 e. The molecule has 3 aromatic heterocycles. The van der Waals surface area contributed by atoms with Crippen LogP contribution in [0.3, 0.4) is 0 Å². The molecule has 0 aliphatic carbocycles. The molecule has 4 N–H and O–H groups in total. The standard InChI is InChI=1S/C15H15FN8O2/c1-7-3-12(23-22-7)21-15-13(24(25)26)10(4-11(17)20-15)8(2)14-18-5-9(16)6-19-14/h3-6,8H,1-2H3,(H4,17,20,21,22,23)/t8-/m0/s1. The highest BCUT2D eigenvalue weighted by Gasteiger charge is 2.28. The summed E-state index contributed by atoms with van der Waals surface area (Å²) in [6.45, 7) is 3.45. The Balaban J connectivity index is 2.09. The van der Waals surface area contributed by atoms with Crippen LogP contribution in [0, 0.1) is 22.9 Å². The van der Waals surface area contributed by atoms with E-state index in [0.717, 1.165) is 18.1 Å². The minimum absolute atomic E-state index is 0.0505. The van der Waals surface area contributed by atoms with Crippen LogP contribution in [0.4, 0.5) is 27.5 Å². The number of aromatic nitrogens is 5. The van der Waals surface area contributed by atoms with E-state index in [1.165, 1.54) is 6.07 Å². The van der Waals surface area contributed by atoms with Gasteiger partial charge in [0.25, 0.3) is 0 Å². The van der Waals surface area contributed by atoms with Crippen molar-refractivity contribution in [2.45, 2.75) is 19.8 Å². The summed E-state index contributed by atoms with van der Waals surface area (Å²) in [5.74, 6) is -0.592. The fourth-order valence-corrected chi connectivity index (χ4v) is 2.48. The van der Waals surface area contributed by atoms with Crippen LogP contribution < -0.4 is 11.1 Å². The summed E-state index contributed by atoms with van der Waals surface area (Å²) in [5, 5.41) is 21.2. The van der Waals surface area contributed by atoms with E-state index in [4.69, 9.17) is 5.73 Å². The van der Waals surface area contributed by atoms with Crippen molar-refractivity contribution in [1.29, 1.82) is 0 Å². The Bertz CT molecular complexity index is 957. The molecule has 3 aromatic rings. The number of aromatic amines is 1. The number of H-pyrrole nitrogens is 1. The molecule has 10 nitrogen and oxygen atoms in total. The van der Waals surface area contributed by atoms with Crippen LogP contribution >= 0.6 is 0 Å². The van der Waals surface area contributed by atoms with E-state index in [1.54, 1.807) is 19.9 Å². The lowest BCUT2D eigenvalue weighted by Gasteiger charge is -2.14. The highest BCUT2D eigenvalue weighted by Crippen LogP contribution is 2.37. The topological polar surface area (TPSA) is 149 Å². The second-order valence-electron chi connectivity index (χ2n) is 5.63. The molecule has 3 rings (SSSR count). The average Bonchev–Trinajstić information content (AvgIpc) is 2.99. The number of anilines is 3. The lowest BCUT2D eigenvalue weighted by atomic mass is 9.99. The number of pyridine rings is 1. The van der Waals surface area contributed by atoms with Crippen LogP contribution in [0.15, 0.2) is 24.5 Å². The van der Waals surface area contributed by atoms with Crippen molar-refractivity contribution in [1.82, 2.24) is 25.1 Å². The van der Waals surface area contributed by atoms with Gasteiger partial charge >= 0.3 is 5.69 Å². The van der Waals surface area contributed by atoms with Crippen LogP contribution in [0.25, 0.3) is 0 Å². The van der Waals surface area contributed by atoms with Gasteiger partial charge in [-0.1, -0.05) is 6.92 Å². The summed E-state index contributed by atoms with van der Waals surface area (Å²) < 4.78 is 13.0. The van der Waals surface area contributed by atoms with Crippen LogP contribution in [0.5, 0.6) is 0 Å². The second kappa shape index (κ2) is 6.70. The van der Waals surface area contributed by atoms with E-state index in [-0.39, 0.29) is 28.7 Å². The van der Waals surface area contributed by atoms with E-state index in [0.29, 0.717) is 5.82 Å². The highest BCUT2D eigenvalue weighted by molar-refractivity contribution is 5.70. The van der Waals surface area contributed by atoms with Crippen molar-refractivity contribution in [3.63, 3.8) is 0 Å². The molecular weight excluding hydrogens is 343 g/mol. The Kier molecular flexibility index (Phi) is 4.43. The minimum atomic E-state index is -0.609. The second-order valence-corrected chi connectivity index (χ2v) is 5.63. The molecule has 0 aromatic carbocycles. The molecule has 0 bridgehead atoms. The van der Waals surface area contributed by atoms with Gasteiger partial charge in [0.1, 0.15) is 11.6 Å². The first-order valence-electron chi connectivity index (χ1n) is 7.56. The van der Waals surface area contributed by atoms with Gasteiger partial charge in [0.05, 0.1) is 17.3 Å². The maximum atomic E-state index is 13.0. The number of aryl methyl sites for hydroxylation is 1. The molecule has 0 fully saturated rings. The molecule has 0 amide bonds. The van der Waals surface area contributed by atoms with E-state index in [9.17, 15) is 14.5 Å². The van der Waals surface area contributed by atoms with Crippen LogP contribution in [0.1, 0.15) is 29.9 Å². The number of nitrogens with one attached hydrogen (secondary N) is 2. The maximum Gasteiger partial charge on any atom is 0.315 e. The number of nitrogens with zero attached hydrogens (tertiary/aromatic N) is 5. The molecule has 3 heterocycles. The van der Waals surface area contributed by atoms with Crippen molar-refractivity contribution in [3.05, 3.63) is 57.5 Å². The van der Waals surface area contributed by atoms with E-state index in [2.05, 4.69) is 30.5 Å². The Morgan fingerprint density at radius 3 is 2.62 bits per heavy atom. The van der Waals surface area contributed by atoms with Crippen LogP contribution in [0.2, 0.25) is 0 Å². The van der Waals surface area contributed by atoms with Gasteiger partial charge in [-0.05, 0) is 13.0 Å².